The second kappa shape index (κ2) is 5.07. The van der Waals surface area contributed by atoms with E-state index in [0.717, 1.165) is 19.6 Å². The SMILES string of the molecule is CC1(C)CNC(CO)CN(c2ccccc2)C1. The van der Waals surface area contributed by atoms with Gasteiger partial charge in [0.2, 0.25) is 0 Å². The predicted octanol–water partition coefficient (Wildman–Crippen LogP) is 1.48. The summed E-state index contributed by atoms with van der Waals surface area (Å²) >= 11 is 0. The number of anilines is 1. The van der Waals surface area contributed by atoms with Gasteiger partial charge in [-0.05, 0) is 17.5 Å². The van der Waals surface area contributed by atoms with Gasteiger partial charge in [-0.1, -0.05) is 32.0 Å². The van der Waals surface area contributed by atoms with Gasteiger partial charge < -0.3 is 15.3 Å². The summed E-state index contributed by atoms with van der Waals surface area (Å²) in [6, 6.07) is 10.6. The fourth-order valence-corrected chi connectivity index (χ4v) is 2.35. The Morgan fingerprint density at radius 3 is 2.71 bits per heavy atom. The van der Waals surface area contributed by atoms with Gasteiger partial charge in [-0.2, -0.15) is 0 Å². The zero-order chi connectivity index (χ0) is 12.3. The number of hydrogen-bond acceptors (Lipinski definition) is 3. The predicted molar refractivity (Wildman–Crippen MR) is 71.3 cm³/mol. The van der Waals surface area contributed by atoms with Crippen LogP contribution >= 0.6 is 0 Å². The second-order valence-electron chi connectivity index (χ2n) is 5.64. The van der Waals surface area contributed by atoms with Crippen LogP contribution in [0.3, 0.4) is 0 Å². The highest BCUT2D eigenvalue weighted by Crippen LogP contribution is 2.24. The van der Waals surface area contributed by atoms with Crippen LogP contribution in [0.2, 0.25) is 0 Å². The van der Waals surface area contributed by atoms with Crippen LogP contribution in [0.1, 0.15) is 13.8 Å². The maximum Gasteiger partial charge on any atom is 0.0601 e. The van der Waals surface area contributed by atoms with Crippen LogP contribution < -0.4 is 10.2 Å². The first-order chi connectivity index (χ1) is 8.11. The average molecular weight is 234 g/mol. The molecule has 1 aromatic carbocycles. The summed E-state index contributed by atoms with van der Waals surface area (Å²) < 4.78 is 0. The monoisotopic (exact) mass is 234 g/mol. The third kappa shape index (κ3) is 3.20. The van der Waals surface area contributed by atoms with Crippen molar-refractivity contribution in [2.24, 2.45) is 5.41 Å². The first-order valence-electron chi connectivity index (χ1n) is 6.25. The lowest BCUT2D eigenvalue weighted by molar-refractivity contribution is 0.242. The van der Waals surface area contributed by atoms with Crippen molar-refractivity contribution in [3.8, 4) is 0 Å². The van der Waals surface area contributed by atoms with Gasteiger partial charge >= 0.3 is 0 Å². The molecule has 3 nitrogen and oxygen atoms in total. The maximum absolute atomic E-state index is 9.36. The molecule has 2 N–H and O–H groups in total. The molecule has 1 atom stereocenters. The van der Waals surface area contributed by atoms with E-state index in [4.69, 9.17) is 0 Å². The van der Waals surface area contributed by atoms with Crippen molar-refractivity contribution in [1.82, 2.24) is 5.32 Å². The zero-order valence-corrected chi connectivity index (χ0v) is 10.7. The van der Waals surface area contributed by atoms with Gasteiger partial charge in [0.05, 0.1) is 6.61 Å². The van der Waals surface area contributed by atoms with Crippen molar-refractivity contribution in [2.45, 2.75) is 19.9 Å². The number of rotatable bonds is 2. The third-order valence-corrected chi connectivity index (χ3v) is 3.27. The van der Waals surface area contributed by atoms with E-state index in [2.05, 4.69) is 48.3 Å². The molecule has 1 aromatic rings. The van der Waals surface area contributed by atoms with Crippen LogP contribution in [-0.4, -0.2) is 37.4 Å². The van der Waals surface area contributed by atoms with Crippen molar-refractivity contribution >= 4 is 5.69 Å². The molecule has 1 heterocycles. The molecule has 0 saturated carbocycles. The van der Waals surface area contributed by atoms with Crippen molar-refractivity contribution in [3.05, 3.63) is 30.3 Å². The molecule has 0 spiro atoms. The highest BCUT2D eigenvalue weighted by molar-refractivity contribution is 5.46. The van der Waals surface area contributed by atoms with Gasteiger partial charge in [-0.25, -0.2) is 0 Å². The molecule has 0 aliphatic carbocycles. The van der Waals surface area contributed by atoms with Crippen LogP contribution in [0.25, 0.3) is 0 Å². The number of aliphatic hydroxyl groups excluding tert-OH is 1. The molecule has 1 unspecified atom stereocenters. The normalized spacial score (nSPS) is 24.4. The van der Waals surface area contributed by atoms with E-state index in [1.165, 1.54) is 5.69 Å². The highest BCUT2D eigenvalue weighted by atomic mass is 16.3. The van der Waals surface area contributed by atoms with Gasteiger partial charge in [0, 0.05) is 31.4 Å². The molecule has 0 bridgehead atoms. The summed E-state index contributed by atoms with van der Waals surface area (Å²) in [7, 11) is 0. The van der Waals surface area contributed by atoms with Crippen LogP contribution in [0, 0.1) is 5.41 Å². The molecular formula is C14H22N2O. The minimum absolute atomic E-state index is 0.164. The summed E-state index contributed by atoms with van der Waals surface area (Å²) in [5.41, 5.74) is 1.46. The van der Waals surface area contributed by atoms with Gasteiger partial charge in [0.1, 0.15) is 0 Å². The van der Waals surface area contributed by atoms with Crippen LogP contribution in [0.4, 0.5) is 5.69 Å². The first kappa shape index (κ1) is 12.4. The standard InChI is InChI=1S/C14H22N2O/c1-14(2)10-15-12(9-17)8-16(11-14)13-6-4-3-5-7-13/h3-7,12,15,17H,8-11H2,1-2H3. The van der Waals surface area contributed by atoms with Crippen LogP contribution in [-0.2, 0) is 0 Å². The molecule has 1 aliphatic rings. The number of benzene rings is 1. The Hall–Kier alpha value is -1.06. The minimum Gasteiger partial charge on any atom is -0.395 e. The Kier molecular flexibility index (Phi) is 3.69. The van der Waals surface area contributed by atoms with Crippen molar-refractivity contribution in [1.29, 1.82) is 0 Å². The van der Waals surface area contributed by atoms with E-state index in [0.29, 0.717) is 0 Å². The number of para-hydroxylation sites is 1. The molecule has 1 aliphatic heterocycles. The molecule has 3 heteroatoms. The lowest BCUT2D eigenvalue weighted by atomic mass is 9.93. The van der Waals surface area contributed by atoms with E-state index in [9.17, 15) is 5.11 Å². The molecule has 0 amide bonds. The van der Waals surface area contributed by atoms with Gasteiger partial charge in [0.15, 0.2) is 0 Å². The zero-order valence-electron chi connectivity index (χ0n) is 10.7. The average Bonchev–Trinajstić information content (AvgIpc) is 2.49. The second-order valence-corrected chi connectivity index (χ2v) is 5.64. The lowest BCUT2D eigenvalue weighted by Gasteiger charge is -2.31. The Morgan fingerprint density at radius 1 is 1.35 bits per heavy atom. The van der Waals surface area contributed by atoms with E-state index in [1.54, 1.807) is 0 Å². The lowest BCUT2D eigenvalue weighted by Crippen LogP contribution is -2.40. The van der Waals surface area contributed by atoms with Gasteiger partial charge in [-0.15, -0.1) is 0 Å². The van der Waals surface area contributed by atoms with E-state index in [-0.39, 0.29) is 18.1 Å². The fourth-order valence-electron chi connectivity index (χ4n) is 2.35. The molecule has 0 radical (unpaired) electrons. The van der Waals surface area contributed by atoms with E-state index >= 15 is 0 Å². The molecule has 2 rings (SSSR count). The number of nitrogens with one attached hydrogen (secondary N) is 1. The molecule has 1 fully saturated rings. The molecule has 1 saturated heterocycles. The van der Waals surface area contributed by atoms with E-state index in [1.807, 2.05) is 6.07 Å². The third-order valence-electron chi connectivity index (χ3n) is 3.27. The van der Waals surface area contributed by atoms with Crippen molar-refractivity contribution < 1.29 is 5.11 Å². The maximum atomic E-state index is 9.36. The van der Waals surface area contributed by atoms with Crippen molar-refractivity contribution in [3.63, 3.8) is 0 Å². The Bertz CT molecular complexity index is 350. The molecule has 17 heavy (non-hydrogen) atoms. The quantitative estimate of drug-likeness (QED) is 0.813. The highest BCUT2D eigenvalue weighted by Gasteiger charge is 2.28. The molecular weight excluding hydrogens is 212 g/mol. The minimum atomic E-state index is 0.164. The smallest absolute Gasteiger partial charge is 0.0601 e. The largest absolute Gasteiger partial charge is 0.395 e. The Morgan fingerprint density at radius 2 is 2.06 bits per heavy atom. The number of hydrogen-bond donors (Lipinski definition) is 2. The summed E-state index contributed by atoms with van der Waals surface area (Å²) in [6.45, 7) is 7.54. The number of aliphatic hydroxyl groups is 1. The van der Waals surface area contributed by atoms with Crippen molar-refractivity contribution in [2.75, 3.05) is 31.1 Å². The van der Waals surface area contributed by atoms with Gasteiger partial charge in [-0.3, -0.25) is 0 Å². The van der Waals surface area contributed by atoms with Crippen LogP contribution in [0.15, 0.2) is 30.3 Å². The van der Waals surface area contributed by atoms with Crippen LogP contribution in [0.5, 0.6) is 0 Å². The number of nitrogens with zero attached hydrogens (tertiary/aromatic N) is 1. The topological polar surface area (TPSA) is 35.5 Å². The first-order valence-corrected chi connectivity index (χ1v) is 6.25. The Labute approximate surface area is 103 Å². The summed E-state index contributed by atoms with van der Waals surface area (Å²) in [5.74, 6) is 0. The molecule has 94 valence electrons. The van der Waals surface area contributed by atoms with E-state index < -0.39 is 0 Å². The Balaban J connectivity index is 2.19. The fraction of sp³-hybridized carbons (Fsp3) is 0.571. The van der Waals surface area contributed by atoms with Gasteiger partial charge in [0.25, 0.3) is 0 Å². The summed E-state index contributed by atoms with van der Waals surface area (Å²) in [5, 5.41) is 12.8. The molecule has 0 aromatic heterocycles. The summed E-state index contributed by atoms with van der Waals surface area (Å²) in [6.07, 6.45) is 0. The summed E-state index contributed by atoms with van der Waals surface area (Å²) in [4.78, 5) is 2.36.